The Kier molecular flexibility index (Phi) is 8.61. The van der Waals surface area contributed by atoms with Crippen molar-refractivity contribution in [3.8, 4) is 0 Å². The van der Waals surface area contributed by atoms with E-state index in [-0.39, 0.29) is 0 Å². The van der Waals surface area contributed by atoms with Crippen LogP contribution in [0, 0.1) is 5.92 Å². The lowest BCUT2D eigenvalue weighted by atomic mass is 10.2. The van der Waals surface area contributed by atoms with Gasteiger partial charge in [-0.1, -0.05) is 6.92 Å². The molecule has 4 nitrogen and oxygen atoms in total. The number of nitrogens with one attached hydrogen (secondary N) is 1. The van der Waals surface area contributed by atoms with Gasteiger partial charge in [0.15, 0.2) is 0 Å². The van der Waals surface area contributed by atoms with E-state index in [0.29, 0.717) is 12.0 Å². The molecule has 0 radical (unpaired) electrons. The Balaban J connectivity index is 1.77. The Hall–Kier alpha value is -0.160. The summed E-state index contributed by atoms with van der Waals surface area (Å²) in [5, 5.41) is 3.41. The van der Waals surface area contributed by atoms with Crippen molar-refractivity contribution in [1.82, 2.24) is 5.32 Å². The van der Waals surface area contributed by atoms with Crippen LogP contribution in [-0.2, 0) is 14.2 Å². The van der Waals surface area contributed by atoms with E-state index in [0.717, 1.165) is 52.4 Å². The van der Waals surface area contributed by atoms with Gasteiger partial charge in [-0.15, -0.1) is 0 Å². The van der Waals surface area contributed by atoms with Crippen LogP contribution in [0.2, 0.25) is 0 Å². The van der Waals surface area contributed by atoms with Crippen molar-refractivity contribution in [2.45, 2.75) is 32.3 Å². The summed E-state index contributed by atoms with van der Waals surface area (Å²) in [5.74, 6) is 0.577. The average Bonchev–Trinajstić information content (AvgIpc) is 2.81. The molecule has 0 amide bonds. The zero-order valence-electron chi connectivity index (χ0n) is 11.2. The first kappa shape index (κ1) is 14.9. The maximum atomic E-state index is 5.58. The van der Waals surface area contributed by atoms with Crippen molar-refractivity contribution in [2.75, 3.05) is 46.6 Å². The summed E-state index contributed by atoms with van der Waals surface area (Å²) in [6.07, 6.45) is 3.76. The highest BCUT2D eigenvalue weighted by molar-refractivity contribution is 4.63. The van der Waals surface area contributed by atoms with Gasteiger partial charge >= 0.3 is 0 Å². The van der Waals surface area contributed by atoms with Gasteiger partial charge in [0.1, 0.15) is 0 Å². The maximum absolute atomic E-state index is 5.58. The Labute approximate surface area is 105 Å². The van der Waals surface area contributed by atoms with E-state index in [9.17, 15) is 0 Å². The first-order valence-electron chi connectivity index (χ1n) is 6.72. The lowest BCUT2D eigenvalue weighted by molar-refractivity contribution is 0.0166. The summed E-state index contributed by atoms with van der Waals surface area (Å²) in [5.41, 5.74) is 0. The van der Waals surface area contributed by atoms with Crippen LogP contribution in [0.15, 0.2) is 0 Å². The van der Waals surface area contributed by atoms with E-state index >= 15 is 0 Å². The van der Waals surface area contributed by atoms with Crippen LogP contribution in [0.5, 0.6) is 0 Å². The third-order valence-corrected chi connectivity index (χ3v) is 2.91. The van der Waals surface area contributed by atoms with Gasteiger partial charge in [-0.3, -0.25) is 0 Å². The molecule has 0 aromatic rings. The lowest BCUT2D eigenvalue weighted by Gasteiger charge is -2.12. The van der Waals surface area contributed by atoms with Gasteiger partial charge in [-0.25, -0.2) is 0 Å². The molecule has 4 heteroatoms. The monoisotopic (exact) mass is 245 g/mol. The van der Waals surface area contributed by atoms with Gasteiger partial charge in [-0.05, 0) is 38.3 Å². The molecule has 2 unspecified atom stereocenters. The summed E-state index contributed by atoms with van der Waals surface area (Å²) >= 11 is 0. The van der Waals surface area contributed by atoms with E-state index in [1.807, 2.05) is 0 Å². The standard InChI is InChI=1S/C13H27NO3/c1-12(10-15-2)9-14-6-4-7-16-11-13-5-3-8-17-13/h12-14H,3-11H2,1-2H3. The van der Waals surface area contributed by atoms with Crippen molar-refractivity contribution in [3.63, 3.8) is 0 Å². The molecule has 1 N–H and O–H groups in total. The van der Waals surface area contributed by atoms with Crippen molar-refractivity contribution in [3.05, 3.63) is 0 Å². The first-order valence-corrected chi connectivity index (χ1v) is 6.72. The third-order valence-electron chi connectivity index (χ3n) is 2.91. The number of hydrogen-bond acceptors (Lipinski definition) is 4. The van der Waals surface area contributed by atoms with Gasteiger partial charge in [0.25, 0.3) is 0 Å². The highest BCUT2D eigenvalue weighted by Gasteiger charge is 2.14. The Morgan fingerprint density at radius 1 is 1.47 bits per heavy atom. The molecule has 0 aliphatic carbocycles. The minimum atomic E-state index is 0.352. The average molecular weight is 245 g/mol. The molecule has 17 heavy (non-hydrogen) atoms. The molecule has 0 aromatic carbocycles. The summed E-state index contributed by atoms with van der Waals surface area (Å²) in [6, 6.07) is 0. The van der Waals surface area contributed by atoms with Crippen LogP contribution in [0.25, 0.3) is 0 Å². The summed E-state index contributed by atoms with van der Waals surface area (Å²) < 4.78 is 16.1. The molecule has 1 aliphatic rings. The van der Waals surface area contributed by atoms with Gasteiger partial charge in [-0.2, -0.15) is 0 Å². The summed E-state index contributed by atoms with van der Waals surface area (Å²) in [6.45, 7) is 7.53. The second-order valence-corrected chi connectivity index (χ2v) is 4.83. The molecular weight excluding hydrogens is 218 g/mol. The Bertz CT molecular complexity index is 172. The zero-order valence-corrected chi connectivity index (χ0v) is 11.2. The van der Waals surface area contributed by atoms with Crippen molar-refractivity contribution in [2.24, 2.45) is 5.92 Å². The van der Waals surface area contributed by atoms with Crippen molar-refractivity contribution >= 4 is 0 Å². The van der Waals surface area contributed by atoms with Crippen LogP contribution in [0.4, 0.5) is 0 Å². The Morgan fingerprint density at radius 2 is 2.35 bits per heavy atom. The lowest BCUT2D eigenvalue weighted by Crippen LogP contribution is -2.25. The molecule has 1 aliphatic heterocycles. The summed E-state index contributed by atoms with van der Waals surface area (Å²) in [7, 11) is 1.75. The SMILES string of the molecule is COCC(C)CNCCCOCC1CCCO1. The Morgan fingerprint density at radius 3 is 3.06 bits per heavy atom. The highest BCUT2D eigenvalue weighted by atomic mass is 16.5. The third kappa shape index (κ3) is 7.71. The quantitative estimate of drug-likeness (QED) is 0.591. The fraction of sp³-hybridized carbons (Fsp3) is 1.00. The molecule has 0 saturated carbocycles. The predicted octanol–water partition coefficient (Wildman–Crippen LogP) is 1.44. The molecule has 1 heterocycles. The van der Waals surface area contributed by atoms with Crippen LogP contribution in [-0.4, -0.2) is 52.7 Å². The number of hydrogen-bond donors (Lipinski definition) is 1. The minimum absolute atomic E-state index is 0.352. The molecular formula is C13H27NO3. The van der Waals surface area contributed by atoms with E-state index in [1.54, 1.807) is 7.11 Å². The highest BCUT2D eigenvalue weighted by Crippen LogP contribution is 2.11. The van der Waals surface area contributed by atoms with Crippen molar-refractivity contribution in [1.29, 1.82) is 0 Å². The molecule has 0 spiro atoms. The van der Waals surface area contributed by atoms with Gasteiger partial charge in [0.2, 0.25) is 0 Å². The molecule has 1 saturated heterocycles. The summed E-state index contributed by atoms with van der Waals surface area (Å²) in [4.78, 5) is 0. The van der Waals surface area contributed by atoms with Crippen LogP contribution in [0.1, 0.15) is 26.2 Å². The van der Waals surface area contributed by atoms with Crippen molar-refractivity contribution < 1.29 is 14.2 Å². The molecule has 102 valence electrons. The topological polar surface area (TPSA) is 39.7 Å². The van der Waals surface area contributed by atoms with Crippen LogP contribution < -0.4 is 5.32 Å². The number of ether oxygens (including phenoxy) is 3. The van der Waals surface area contributed by atoms with E-state index in [4.69, 9.17) is 14.2 Å². The second kappa shape index (κ2) is 9.83. The smallest absolute Gasteiger partial charge is 0.0809 e. The van der Waals surface area contributed by atoms with Crippen LogP contribution >= 0.6 is 0 Å². The van der Waals surface area contributed by atoms with E-state index in [2.05, 4.69) is 12.2 Å². The fourth-order valence-electron chi connectivity index (χ4n) is 1.98. The van der Waals surface area contributed by atoms with Gasteiger partial charge in [0.05, 0.1) is 12.7 Å². The predicted molar refractivity (Wildman–Crippen MR) is 68.3 cm³/mol. The van der Waals surface area contributed by atoms with E-state index < -0.39 is 0 Å². The molecule has 1 rings (SSSR count). The van der Waals surface area contributed by atoms with Crippen LogP contribution in [0.3, 0.4) is 0 Å². The largest absolute Gasteiger partial charge is 0.384 e. The van der Waals surface area contributed by atoms with E-state index in [1.165, 1.54) is 6.42 Å². The number of rotatable bonds is 10. The molecule has 0 bridgehead atoms. The van der Waals surface area contributed by atoms with Gasteiger partial charge in [0, 0.05) is 26.9 Å². The second-order valence-electron chi connectivity index (χ2n) is 4.83. The molecule has 1 fully saturated rings. The number of methoxy groups -OCH3 is 1. The molecule has 0 aromatic heterocycles. The van der Waals surface area contributed by atoms with Gasteiger partial charge < -0.3 is 19.5 Å². The maximum Gasteiger partial charge on any atom is 0.0809 e. The normalized spacial score (nSPS) is 21.9. The fourth-order valence-corrected chi connectivity index (χ4v) is 1.98. The minimum Gasteiger partial charge on any atom is -0.384 e. The zero-order chi connectivity index (χ0) is 12.3. The first-order chi connectivity index (χ1) is 8.33. The molecule has 2 atom stereocenters.